The van der Waals surface area contributed by atoms with Crippen LogP contribution in [0, 0.1) is 17.0 Å². The van der Waals surface area contributed by atoms with E-state index in [2.05, 4.69) is 16.2 Å². The van der Waals surface area contributed by atoms with Crippen molar-refractivity contribution in [3.8, 4) is 0 Å². The molecule has 0 spiro atoms. The van der Waals surface area contributed by atoms with Crippen LogP contribution in [0.4, 0.5) is 5.69 Å². The van der Waals surface area contributed by atoms with E-state index < -0.39 is 16.7 Å². The maximum Gasteiger partial charge on any atom is 0.270 e. The van der Waals surface area contributed by atoms with Crippen molar-refractivity contribution in [1.82, 2.24) is 16.2 Å². The van der Waals surface area contributed by atoms with Gasteiger partial charge in [-0.1, -0.05) is 35.9 Å². The first-order valence-electron chi connectivity index (χ1n) is 7.75. The van der Waals surface area contributed by atoms with Crippen LogP contribution in [-0.2, 0) is 4.79 Å². The van der Waals surface area contributed by atoms with E-state index in [9.17, 15) is 19.7 Å². The van der Waals surface area contributed by atoms with Crippen molar-refractivity contribution in [2.45, 2.75) is 6.92 Å². The maximum atomic E-state index is 12.0. The van der Waals surface area contributed by atoms with Crippen molar-refractivity contribution in [3.63, 3.8) is 0 Å². The molecule has 0 radical (unpaired) electrons. The lowest BCUT2D eigenvalue weighted by atomic mass is 10.1. The number of carbonyl (C=O) groups is 2. The molecule has 0 saturated heterocycles. The SMILES string of the molecule is Cc1ccc(/C=C/C(=O)NC(=S)NNC(=O)c2cccc([N+](=O)[O-])c2)cc1. The number of aryl methyl sites for hydroxylation is 1. The van der Waals surface area contributed by atoms with E-state index in [1.807, 2.05) is 31.2 Å². The summed E-state index contributed by atoms with van der Waals surface area (Å²) in [4.78, 5) is 33.9. The molecular weight excluding hydrogens is 368 g/mol. The Hall–Kier alpha value is -3.59. The first-order valence-corrected chi connectivity index (χ1v) is 8.16. The number of amides is 2. The van der Waals surface area contributed by atoms with Gasteiger partial charge in [0.1, 0.15) is 0 Å². The van der Waals surface area contributed by atoms with Gasteiger partial charge in [0.2, 0.25) is 5.91 Å². The fourth-order valence-corrected chi connectivity index (χ4v) is 2.13. The molecule has 2 aromatic rings. The number of non-ortho nitro benzene ring substituents is 1. The first-order chi connectivity index (χ1) is 12.8. The summed E-state index contributed by atoms with van der Waals surface area (Å²) >= 11 is 4.91. The molecule has 2 amide bonds. The van der Waals surface area contributed by atoms with Gasteiger partial charge in [0.15, 0.2) is 5.11 Å². The fourth-order valence-electron chi connectivity index (χ4n) is 1.98. The molecule has 0 aliphatic heterocycles. The molecule has 9 heteroatoms. The minimum atomic E-state index is -0.634. The van der Waals surface area contributed by atoms with Crippen molar-refractivity contribution < 1.29 is 14.5 Å². The number of nitrogens with zero attached hydrogens (tertiary/aromatic N) is 1. The van der Waals surface area contributed by atoms with Gasteiger partial charge in [-0.25, -0.2) is 0 Å². The van der Waals surface area contributed by atoms with Crippen molar-refractivity contribution in [3.05, 3.63) is 81.4 Å². The third kappa shape index (κ3) is 6.33. The van der Waals surface area contributed by atoms with Gasteiger partial charge in [0.05, 0.1) is 4.92 Å². The second-order valence-electron chi connectivity index (χ2n) is 5.45. The Kier molecular flexibility index (Phi) is 6.73. The van der Waals surface area contributed by atoms with E-state index in [1.165, 1.54) is 24.3 Å². The lowest BCUT2D eigenvalue weighted by Gasteiger charge is -2.09. The van der Waals surface area contributed by atoms with Crippen molar-refractivity contribution in [1.29, 1.82) is 0 Å². The zero-order valence-electron chi connectivity index (χ0n) is 14.3. The number of benzene rings is 2. The minimum absolute atomic E-state index is 0.0742. The molecule has 0 atom stereocenters. The molecule has 0 bridgehead atoms. The Bertz CT molecular complexity index is 910. The van der Waals surface area contributed by atoms with Crippen LogP contribution in [0.1, 0.15) is 21.5 Å². The predicted octanol–water partition coefficient (Wildman–Crippen LogP) is 2.25. The van der Waals surface area contributed by atoms with Gasteiger partial charge in [-0.3, -0.25) is 35.9 Å². The van der Waals surface area contributed by atoms with Crippen molar-refractivity contribution >= 4 is 40.9 Å². The summed E-state index contributed by atoms with van der Waals surface area (Å²) in [7, 11) is 0. The predicted molar refractivity (Wildman–Crippen MR) is 105 cm³/mol. The number of hydrogen-bond donors (Lipinski definition) is 3. The van der Waals surface area contributed by atoms with Crippen LogP contribution in [0.2, 0.25) is 0 Å². The number of nitro groups is 1. The van der Waals surface area contributed by atoms with E-state index in [0.717, 1.165) is 17.2 Å². The van der Waals surface area contributed by atoms with Crippen molar-refractivity contribution in [2.75, 3.05) is 0 Å². The number of rotatable bonds is 4. The molecule has 27 heavy (non-hydrogen) atoms. The highest BCUT2D eigenvalue weighted by Crippen LogP contribution is 2.12. The zero-order valence-corrected chi connectivity index (χ0v) is 15.1. The molecule has 0 aliphatic rings. The highest BCUT2D eigenvalue weighted by Gasteiger charge is 2.11. The first kappa shape index (κ1) is 19.7. The number of thiocarbonyl (C=S) groups is 1. The van der Waals surface area contributed by atoms with Crippen LogP contribution in [0.15, 0.2) is 54.6 Å². The van der Waals surface area contributed by atoms with Crippen LogP contribution >= 0.6 is 12.2 Å². The Morgan fingerprint density at radius 3 is 2.48 bits per heavy atom. The van der Waals surface area contributed by atoms with Crippen LogP contribution in [0.3, 0.4) is 0 Å². The van der Waals surface area contributed by atoms with Gasteiger partial charge in [-0.15, -0.1) is 0 Å². The number of hydrazine groups is 1. The van der Waals surface area contributed by atoms with E-state index in [1.54, 1.807) is 6.08 Å². The fraction of sp³-hybridized carbons (Fsp3) is 0.0556. The Morgan fingerprint density at radius 1 is 1.11 bits per heavy atom. The Morgan fingerprint density at radius 2 is 1.81 bits per heavy atom. The lowest BCUT2D eigenvalue weighted by molar-refractivity contribution is -0.384. The minimum Gasteiger partial charge on any atom is -0.298 e. The highest BCUT2D eigenvalue weighted by atomic mass is 32.1. The van der Waals surface area contributed by atoms with Gasteiger partial charge < -0.3 is 0 Å². The molecule has 0 unspecified atom stereocenters. The summed E-state index contributed by atoms with van der Waals surface area (Å²) in [5, 5.41) is 13.0. The summed E-state index contributed by atoms with van der Waals surface area (Å²) in [6.07, 6.45) is 2.93. The number of nitro benzene ring substituents is 1. The lowest BCUT2D eigenvalue weighted by Crippen LogP contribution is -2.48. The molecular formula is C18H16N4O4S. The summed E-state index contributed by atoms with van der Waals surface area (Å²) < 4.78 is 0. The summed E-state index contributed by atoms with van der Waals surface area (Å²) in [5.74, 6) is -1.11. The van der Waals surface area contributed by atoms with Gasteiger partial charge in [-0.05, 0) is 36.8 Å². The topological polar surface area (TPSA) is 113 Å². The quantitative estimate of drug-likeness (QED) is 0.322. The smallest absolute Gasteiger partial charge is 0.270 e. The molecule has 138 valence electrons. The van der Waals surface area contributed by atoms with Gasteiger partial charge in [-0.2, -0.15) is 0 Å². The van der Waals surface area contributed by atoms with E-state index in [-0.39, 0.29) is 16.4 Å². The number of hydrogen-bond acceptors (Lipinski definition) is 5. The van der Waals surface area contributed by atoms with Gasteiger partial charge >= 0.3 is 0 Å². The molecule has 0 fully saturated rings. The summed E-state index contributed by atoms with van der Waals surface area (Å²) in [6.45, 7) is 1.96. The number of carbonyl (C=O) groups excluding carboxylic acids is 2. The number of nitrogens with one attached hydrogen (secondary N) is 3. The van der Waals surface area contributed by atoms with Crippen LogP contribution < -0.4 is 16.2 Å². The molecule has 8 nitrogen and oxygen atoms in total. The van der Waals surface area contributed by atoms with Gasteiger partial charge in [0.25, 0.3) is 11.6 Å². The Labute approximate surface area is 160 Å². The highest BCUT2D eigenvalue weighted by molar-refractivity contribution is 7.80. The van der Waals surface area contributed by atoms with Crippen LogP contribution in [0.25, 0.3) is 6.08 Å². The molecule has 0 saturated carbocycles. The molecule has 3 N–H and O–H groups in total. The van der Waals surface area contributed by atoms with Crippen LogP contribution in [-0.4, -0.2) is 21.9 Å². The molecule has 2 aromatic carbocycles. The van der Waals surface area contributed by atoms with E-state index in [4.69, 9.17) is 12.2 Å². The normalized spacial score (nSPS) is 10.3. The van der Waals surface area contributed by atoms with E-state index in [0.29, 0.717) is 0 Å². The molecule has 0 aliphatic carbocycles. The summed E-state index contributed by atoms with van der Waals surface area (Å²) in [5.41, 5.74) is 6.45. The standard InChI is InChI=1S/C18H16N4O4S/c1-12-5-7-13(8-6-12)9-10-16(23)19-18(27)21-20-17(24)14-3-2-4-15(11-14)22(25)26/h2-11H,1H3,(H,20,24)(H2,19,21,23,27)/b10-9+. The van der Waals surface area contributed by atoms with Gasteiger partial charge in [0, 0.05) is 23.8 Å². The second-order valence-corrected chi connectivity index (χ2v) is 5.86. The average molecular weight is 384 g/mol. The molecule has 2 rings (SSSR count). The maximum absolute atomic E-state index is 12.0. The monoisotopic (exact) mass is 384 g/mol. The average Bonchev–Trinajstić information content (AvgIpc) is 2.65. The Balaban J connectivity index is 1.83. The largest absolute Gasteiger partial charge is 0.298 e. The molecule has 0 aromatic heterocycles. The third-order valence-electron chi connectivity index (χ3n) is 3.35. The summed E-state index contributed by atoms with van der Waals surface area (Å²) in [6, 6.07) is 12.8. The third-order valence-corrected chi connectivity index (χ3v) is 3.55. The van der Waals surface area contributed by atoms with Crippen LogP contribution in [0.5, 0.6) is 0 Å². The molecule has 0 heterocycles. The second kappa shape index (κ2) is 9.20. The van der Waals surface area contributed by atoms with Crippen molar-refractivity contribution in [2.24, 2.45) is 0 Å². The zero-order chi connectivity index (χ0) is 19.8. The van der Waals surface area contributed by atoms with E-state index >= 15 is 0 Å².